The summed E-state index contributed by atoms with van der Waals surface area (Å²) in [5.74, 6) is -10.7. The van der Waals surface area contributed by atoms with Crippen LogP contribution in [-0.4, -0.2) is 178 Å². The molecule has 0 bridgehead atoms. The molecule has 0 amide bonds. The molecule has 0 spiro atoms. The van der Waals surface area contributed by atoms with Crippen LogP contribution in [0.15, 0.2) is 0 Å². The van der Waals surface area contributed by atoms with Gasteiger partial charge in [0.1, 0.15) is 50.3 Å². The summed E-state index contributed by atoms with van der Waals surface area (Å²) >= 11 is 0. The van der Waals surface area contributed by atoms with Crippen molar-refractivity contribution in [3.05, 3.63) is 0 Å². The highest BCUT2D eigenvalue weighted by molar-refractivity contribution is 5.70. The summed E-state index contributed by atoms with van der Waals surface area (Å²) in [6.07, 6.45) is -27.3. The maximum atomic E-state index is 13.0. The van der Waals surface area contributed by atoms with E-state index in [9.17, 15) is 52.7 Å². The molecule has 3 saturated heterocycles. The van der Waals surface area contributed by atoms with Crippen molar-refractivity contribution in [2.45, 2.75) is 168 Å². The van der Waals surface area contributed by atoms with Crippen molar-refractivity contribution in [1.82, 2.24) is 0 Å². The molecule has 0 aromatic carbocycles. The van der Waals surface area contributed by atoms with Crippen molar-refractivity contribution in [3.8, 4) is 0 Å². The molecule has 3 heterocycles. The van der Waals surface area contributed by atoms with Crippen LogP contribution >= 0.6 is 0 Å². The van der Waals surface area contributed by atoms with Gasteiger partial charge in [0, 0.05) is 76.2 Å². The third-order valence-electron chi connectivity index (χ3n) is 9.11. The van der Waals surface area contributed by atoms with Gasteiger partial charge in [0.2, 0.25) is 12.4 Å². The number of rotatable bonds is 18. The van der Waals surface area contributed by atoms with E-state index in [4.69, 9.17) is 75.8 Å². The predicted octanol–water partition coefficient (Wildman–Crippen LogP) is -1.29. The number of hydrogen-bond donors (Lipinski definition) is 0. The van der Waals surface area contributed by atoms with Gasteiger partial charge in [-0.3, -0.25) is 52.7 Å². The molecule has 0 aromatic rings. The van der Waals surface area contributed by atoms with E-state index in [0.717, 1.165) is 76.2 Å². The Bertz CT molecular complexity index is 1850. The molecular weight excluding hydrogens is 912 g/mol. The number of hydrogen-bond acceptors (Lipinski definition) is 27. The van der Waals surface area contributed by atoms with E-state index < -0.39 is 178 Å². The summed E-state index contributed by atoms with van der Waals surface area (Å²) in [4.78, 5) is 137. The van der Waals surface area contributed by atoms with Gasteiger partial charge >= 0.3 is 65.7 Å². The highest BCUT2D eigenvalue weighted by Crippen LogP contribution is 2.38. The molecule has 0 saturated carbocycles. The van der Waals surface area contributed by atoms with E-state index in [1.807, 2.05) is 0 Å². The molecule has 3 aliphatic rings. The lowest BCUT2D eigenvalue weighted by Gasteiger charge is -2.50. The van der Waals surface area contributed by atoms with Gasteiger partial charge in [-0.15, -0.1) is 0 Å². The van der Waals surface area contributed by atoms with Gasteiger partial charge in [0.05, 0.1) is 0 Å². The van der Waals surface area contributed by atoms with Gasteiger partial charge in [-0.25, -0.2) is 0 Å². The first-order chi connectivity index (χ1) is 31.3. The molecule has 0 aromatic heterocycles. The molecule has 3 fully saturated rings. The zero-order chi connectivity index (χ0) is 50.4. The standard InChI is InChI=1S/C40H54O27/c1-15(41)52-12-26-29(55-18(4)44)32(56-19(5)45)36(60-23(9)49)39(64-26)67-31-28(14-54-17(3)43)65-40(37(61-24(10)50)34(31)58-21(7)47)66-30-27(13-53-16(2)42)63-38(62-25(11)51)35(59-22(8)48)33(30)57-20(6)46/h26-40H,12-14H2,1-11H3/t26-,27-,28-,29-,30-,31-,32+,33+,34+,35-,36-,37-,38?,39+,40+/m1/s1. The van der Waals surface area contributed by atoms with E-state index in [1.54, 1.807) is 0 Å². The molecular formula is C40H54O27. The lowest BCUT2D eigenvalue weighted by molar-refractivity contribution is -0.378. The van der Waals surface area contributed by atoms with Gasteiger partial charge < -0.3 is 75.8 Å². The van der Waals surface area contributed by atoms with Crippen molar-refractivity contribution < 1.29 is 129 Å². The second kappa shape index (κ2) is 25.2. The maximum absolute atomic E-state index is 13.0. The Morgan fingerprint density at radius 3 is 0.776 bits per heavy atom. The summed E-state index contributed by atoms with van der Waals surface area (Å²) < 4.78 is 90.4. The minimum absolute atomic E-state index is 0.691. The molecule has 3 aliphatic heterocycles. The first-order valence-electron chi connectivity index (χ1n) is 20.3. The Kier molecular flexibility index (Phi) is 20.8. The van der Waals surface area contributed by atoms with Gasteiger partial charge in [0.15, 0.2) is 49.2 Å². The van der Waals surface area contributed by atoms with E-state index in [-0.39, 0.29) is 0 Å². The molecule has 27 nitrogen and oxygen atoms in total. The fourth-order valence-electron chi connectivity index (χ4n) is 7.01. The first kappa shape index (κ1) is 55.3. The highest BCUT2D eigenvalue weighted by Gasteiger charge is 2.60. The zero-order valence-corrected chi connectivity index (χ0v) is 38.3. The van der Waals surface area contributed by atoms with E-state index in [1.165, 1.54) is 0 Å². The van der Waals surface area contributed by atoms with Crippen LogP contribution in [0.5, 0.6) is 0 Å². The molecule has 27 heteroatoms. The SMILES string of the molecule is CC(=O)OC[C@H]1O[C@@H](O[C@H]2[C@H](OC(C)=O)[C@@H](OC(C)=O)[C@H](O[C@H]3[C@H](OC(C)=O)[C@@H](OC(C)=O)C(OC(C)=O)O[C@@H]3COC(C)=O)O[C@@H]2COC(C)=O)[C@H](OC(C)=O)[C@@H](OC(C)=O)[C@@H]1OC(C)=O. The number of esters is 11. The summed E-state index contributed by atoms with van der Waals surface area (Å²) in [7, 11) is 0. The van der Waals surface area contributed by atoms with E-state index in [2.05, 4.69) is 0 Å². The van der Waals surface area contributed by atoms with Crippen molar-refractivity contribution in [2.75, 3.05) is 19.8 Å². The van der Waals surface area contributed by atoms with Crippen LogP contribution in [-0.2, 0) is 129 Å². The third kappa shape index (κ3) is 17.0. The molecule has 67 heavy (non-hydrogen) atoms. The fraction of sp³-hybridized carbons (Fsp3) is 0.725. The summed E-state index contributed by atoms with van der Waals surface area (Å²) in [6.45, 7) is 8.53. The predicted molar refractivity (Wildman–Crippen MR) is 206 cm³/mol. The Hall–Kier alpha value is -6.03. The van der Waals surface area contributed by atoms with Gasteiger partial charge in [-0.05, 0) is 0 Å². The average Bonchev–Trinajstić information content (AvgIpc) is 3.17. The number of ether oxygens (including phenoxy) is 16. The maximum Gasteiger partial charge on any atom is 0.305 e. The third-order valence-corrected chi connectivity index (χ3v) is 9.11. The quantitative estimate of drug-likeness (QED) is 0.114. The normalized spacial score (nSPS) is 31.2. The summed E-state index contributed by atoms with van der Waals surface area (Å²) in [5, 5.41) is 0. The van der Waals surface area contributed by atoms with Crippen molar-refractivity contribution in [3.63, 3.8) is 0 Å². The highest BCUT2D eigenvalue weighted by atomic mass is 16.8. The molecule has 376 valence electrons. The summed E-state index contributed by atoms with van der Waals surface area (Å²) in [6, 6.07) is 0. The Balaban J connectivity index is 2.31. The van der Waals surface area contributed by atoms with Crippen molar-refractivity contribution in [1.29, 1.82) is 0 Å². The molecule has 15 atom stereocenters. The van der Waals surface area contributed by atoms with Crippen LogP contribution in [0.1, 0.15) is 76.2 Å². The minimum atomic E-state index is -2.06. The fourth-order valence-corrected chi connectivity index (χ4v) is 7.01. The topological polar surface area (TPSA) is 335 Å². The van der Waals surface area contributed by atoms with E-state index >= 15 is 0 Å². The second-order valence-corrected chi connectivity index (χ2v) is 14.9. The monoisotopic (exact) mass is 966 g/mol. The van der Waals surface area contributed by atoms with Gasteiger partial charge in [-0.2, -0.15) is 0 Å². The van der Waals surface area contributed by atoms with Gasteiger partial charge in [-0.1, -0.05) is 0 Å². The molecule has 0 aliphatic carbocycles. The lowest BCUT2D eigenvalue weighted by atomic mass is 9.95. The van der Waals surface area contributed by atoms with Crippen LogP contribution in [0.2, 0.25) is 0 Å². The van der Waals surface area contributed by atoms with Crippen molar-refractivity contribution in [2.24, 2.45) is 0 Å². The Morgan fingerprint density at radius 2 is 0.493 bits per heavy atom. The number of carbonyl (C=O) groups excluding carboxylic acids is 11. The van der Waals surface area contributed by atoms with Crippen LogP contribution in [0, 0.1) is 0 Å². The van der Waals surface area contributed by atoms with E-state index in [0.29, 0.717) is 0 Å². The Labute approximate surface area is 382 Å². The molecule has 3 rings (SSSR count). The zero-order valence-electron chi connectivity index (χ0n) is 38.3. The Morgan fingerprint density at radius 1 is 0.269 bits per heavy atom. The smallest absolute Gasteiger partial charge is 0.305 e. The first-order valence-corrected chi connectivity index (χ1v) is 20.3. The van der Waals surface area contributed by atoms with Crippen LogP contribution < -0.4 is 0 Å². The van der Waals surface area contributed by atoms with Crippen LogP contribution in [0.25, 0.3) is 0 Å². The van der Waals surface area contributed by atoms with Crippen LogP contribution in [0.4, 0.5) is 0 Å². The molecule has 0 radical (unpaired) electrons. The van der Waals surface area contributed by atoms with Crippen molar-refractivity contribution >= 4 is 65.7 Å². The second-order valence-electron chi connectivity index (χ2n) is 14.9. The average molecular weight is 967 g/mol. The van der Waals surface area contributed by atoms with Crippen LogP contribution in [0.3, 0.4) is 0 Å². The summed E-state index contributed by atoms with van der Waals surface area (Å²) in [5.41, 5.74) is 0. The lowest BCUT2D eigenvalue weighted by Crippen LogP contribution is -2.69. The molecule has 0 N–H and O–H groups in total. The largest absolute Gasteiger partial charge is 0.463 e. The minimum Gasteiger partial charge on any atom is -0.463 e. The van der Waals surface area contributed by atoms with Gasteiger partial charge in [0.25, 0.3) is 0 Å². The molecule has 1 unspecified atom stereocenters. The number of carbonyl (C=O) groups is 11.